The Morgan fingerprint density at radius 1 is 1.27 bits per heavy atom. The molecule has 3 nitrogen and oxygen atoms in total. The van der Waals surface area contributed by atoms with Crippen molar-refractivity contribution >= 4 is 18.3 Å². The minimum absolute atomic E-state index is 0.629. The largest absolute Gasteiger partial charge is 0.390 e. The molecule has 1 heterocycles. The standard InChI is InChI=1S/C22H32N2OS/c1-6-18-16-20(9-8-19(18)10-11-22(4,5)25)24-13-12-23(14-15-26)21(7-2)17(24)3/h7-9,14-16,25-26H,3,6,10-13H2,1-2,4-5H3/b15-14+,21-7-. The third-order valence-electron chi connectivity index (χ3n) is 4.90. The zero-order chi connectivity index (χ0) is 19.3. The molecular weight excluding hydrogens is 340 g/mol. The van der Waals surface area contributed by atoms with Gasteiger partial charge in [0.25, 0.3) is 0 Å². The number of benzene rings is 1. The van der Waals surface area contributed by atoms with Crippen LogP contribution in [0, 0.1) is 0 Å². The van der Waals surface area contributed by atoms with Crippen molar-refractivity contribution in [3.05, 3.63) is 65.0 Å². The summed E-state index contributed by atoms with van der Waals surface area (Å²) < 4.78 is 0. The van der Waals surface area contributed by atoms with Gasteiger partial charge in [0, 0.05) is 25.0 Å². The van der Waals surface area contributed by atoms with Gasteiger partial charge in [-0.1, -0.05) is 25.6 Å². The first kappa shape index (κ1) is 20.7. The SMILES string of the molecule is C=C1/C(=C/C)N(/C=C/S)CCN1c1ccc(CCC(C)(C)O)c(CC)c1. The number of aliphatic hydroxyl groups is 1. The molecule has 0 unspecified atom stereocenters. The highest BCUT2D eigenvalue weighted by molar-refractivity contribution is 7.83. The van der Waals surface area contributed by atoms with E-state index in [4.69, 9.17) is 0 Å². The molecule has 26 heavy (non-hydrogen) atoms. The van der Waals surface area contributed by atoms with E-state index >= 15 is 0 Å². The van der Waals surface area contributed by atoms with Gasteiger partial charge in [-0.15, -0.1) is 12.6 Å². The van der Waals surface area contributed by atoms with E-state index in [2.05, 4.69) is 60.2 Å². The molecule has 0 spiro atoms. The molecule has 0 radical (unpaired) electrons. The summed E-state index contributed by atoms with van der Waals surface area (Å²) in [5.41, 5.74) is 5.36. The van der Waals surface area contributed by atoms with Gasteiger partial charge in [-0.2, -0.15) is 0 Å². The van der Waals surface area contributed by atoms with E-state index in [-0.39, 0.29) is 0 Å². The Labute approximate surface area is 164 Å². The fraction of sp³-hybridized carbons (Fsp3) is 0.455. The van der Waals surface area contributed by atoms with Gasteiger partial charge in [0.15, 0.2) is 0 Å². The van der Waals surface area contributed by atoms with Gasteiger partial charge in [-0.3, -0.25) is 0 Å². The lowest BCUT2D eigenvalue weighted by Gasteiger charge is -2.39. The summed E-state index contributed by atoms with van der Waals surface area (Å²) in [6, 6.07) is 6.67. The topological polar surface area (TPSA) is 26.7 Å². The van der Waals surface area contributed by atoms with Crippen molar-refractivity contribution in [2.24, 2.45) is 0 Å². The lowest BCUT2D eigenvalue weighted by Crippen LogP contribution is -2.40. The van der Waals surface area contributed by atoms with E-state index < -0.39 is 5.60 Å². The molecule has 0 aliphatic carbocycles. The minimum Gasteiger partial charge on any atom is -0.390 e. The van der Waals surface area contributed by atoms with E-state index in [9.17, 15) is 5.11 Å². The smallest absolute Gasteiger partial charge is 0.0598 e. The van der Waals surface area contributed by atoms with Crippen LogP contribution in [0.1, 0.15) is 45.2 Å². The van der Waals surface area contributed by atoms with Gasteiger partial charge < -0.3 is 14.9 Å². The molecule has 1 fully saturated rings. The van der Waals surface area contributed by atoms with Crippen molar-refractivity contribution in [2.45, 2.75) is 52.6 Å². The first-order valence-corrected chi connectivity index (χ1v) is 9.87. The molecule has 142 valence electrons. The van der Waals surface area contributed by atoms with Gasteiger partial charge in [0.05, 0.1) is 17.0 Å². The zero-order valence-corrected chi connectivity index (χ0v) is 17.4. The predicted octanol–water partition coefficient (Wildman–Crippen LogP) is 4.89. The molecule has 1 N–H and O–H groups in total. The molecular formula is C22H32N2OS. The Hall–Kier alpha value is -1.65. The van der Waals surface area contributed by atoms with Crippen LogP contribution in [0.3, 0.4) is 0 Å². The zero-order valence-electron chi connectivity index (χ0n) is 16.5. The summed E-state index contributed by atoms with van der Waals surface area (Å²) in [4.78, 5) is 4.47. The van der Waals surface area contributed by atoms with Gasteiger partial charge in [-0.05, 0) is 68.7 Å². The first-order chi connectivity index (χ1) is 12.3. The summed E-state index contributed by atoms with van der Waals surface area (Å²) in [7, 11) is 0. The van der Waals surface area contributed by atoms with Gasteiger partial charge in [0.2, 0.25) is 0 Å². The van der Waals surface area contributed by atoms with Crippen LogP contribution in [0.2, 0.25) is 0 Å². The molecule has 1 aliphatic heterocycles. The van der Waals surface area contributed by atoms with Crippen molar-refractivity contribution in [3.63, 3.8) is 0 Å². The maximum absolute atomic E-state index is 10.0. The van der Waals surface area contributed by atoms with Crippen LogP contribution >= 0.6 is 12.6 Å². The van der Waals surface area contributed by atoms with Crippen LogP contribution in [-0.2, 0) is 12.8 Å². The number of rotatable bonds is 6. The molecule has 1 aromatic rings. The second-order valence-corrected chi connectivity index (χ2v) is 7.68. The summed E-state index contributed by atoms with van der Waals surface area (Å²) in [5.74, 6) is 0. The van der Waals surface area contributed by atoms with Crippen LogP contribution in [0.5, 0.6) is 0 Å². The van der Waals surface area contributed by atoms with E-state index in [1.165, 1.54) is 16.8 Å². The first-order valence-electron chi connectivity index (χ1n) is 9.35. The number of piperazine rings is 1. The lowest BCUT2D eigenvalue weighted by molar-refractivity contribution is 0.0713. The molecule has 0 bridgehead atoms. The Kier molecular flexibility index (Phi) is 7.01. The Bertz CT molecular complexity index is 701. The fourth-order valence-corrected chi connectivity index (χ4v) is 3.57. The van der Waals surface area contributed by atoms with Crippen LogP contribution in [0.25, 0.3) is 0 Å². The quantitative estimate of drug-likeness (QED) is 0.696. The number of aryl methyl sites for hydroxylation is 2. The van der Waals surface area contributed by atoms with E-state index in [1.54, 1.807) is 5.41 Å². The molecule has 0 aromatic heterocycles. The average Bonchev–Trinajstić information content (AvgIpc) is 2.60. The number of allylic oxidation sites excluding steroid dienone is 1. The average molecular weight is 373 g/mol. The molecule has 0 saturated carbocycles. The number of nitrogens with zero attached hydrogens (tertiary/aromatic N) is 2. The van der Waals surface area contributed by atoms with E-state index in [1.807, 2.05) is 27.0 Å². The normalized spacial score (nSPS) is 17.6. The molecule has 0 amide bonds. The minimum atomic E-state index is -0.629. The molecule has 1 saturated heterocycles. The van der Waals surface area contributed by atoms with Crippen molar-refractivity contribution in [3.8, 4) is 0 Å². The van der Waals surface area contributed by atoms with Crippen LogP contribution in [0.15, 0.2) is 53.9 Å². The number of hydrogen-bond donors (Lipinski definition) is 2. The monoisotopic (exact) mass is 372 g/mol. The summed E-state index contributed by atoms with van der Waals surface area (Å²) in [6.45, 7) is 14.1. The molecule has 2 rings (SSSR count). The Morgan fingerprint density at radius 2 is 2.00 bits per heavy atom. The second kappa shape index (κ2) is 8.83. The predicted molar refractivity (Wildman–Crippen MR) is 116 cm³/mol. The van der Waals surface area contributed by atoms with Crippen molar-refractivity contribution in [2.75, 3.05) is 18.0 Å². The van der Waals surface area contributed by atoms with Crippen molar-refractivity contribution in [1.29, 1.82) is 0 Å². The van der Waals surface area contributed by atoms with Crippen molar-refractivity contribution in [1.82, 2.24) is 4.90 Å². The third kappa shape index (κ3) is 4.95. The maximum Gasteiger partial charge on any atom is 0.0598 e. The fourth-order valence-electron chi connectivity index (χ4n) is 3.41. The van der Waals surface area contributed by atoms with Crippen molar-refractivity contribution < 1.29 is 5.11 Å². The molecule has 0 atom stereocenters. The van der Waals surface area contributed by atoms with Crippen LogP contribution in [-0.4, -0.2) is 28.7 Å². The van der Waals surface area contributed by atoms with E-state index in [0.29, 0.717) is 0 Å². The van der Waals surface area contributed by atoms with Gasteiger partial charge in [0.1, 0.15) is 0 Å². The van der Waals surface area contributed by atoms with E-state index in [0.717, 1.165) is 43.7 Å². The summed E-state index contributed by atoms with van der Waals surface area (Å²) in [5, 5.41) is 11.8. The molecule has 1 aromatic carbocycles. The van der Waals surface area contributed by atoms with Gasteiger partial charge in [-0.25, -0.2) is 0 Å². The molecule has 1 aliphatic rings. The Balaban J connectivity index is 2.25. The number of anilines is 1. The number of hydrogen-bond acceptors (Lipinski definition) is 4. The lowest BCUT2D eigenvalue weighted by atomic mass is 9.94. The third-order valence-corrected chi connectivity index (χ3v) is 5.04. The van der Waals surface area contributed by atoms with Crippen LogP contribution in [0.4, 0.5) is 5.69 Å². The maximum atomic E-state index is 10.0. The number of thiol groups is 1. The molecule has 4 heteroatoms. The highest BCUT2D eigenvalue weighted by Gasteiger charge is 2.24. The summed E-state index contributed by atoms with van der Waals surface area (Å²) >= 11 is 4.20. The van der Waals surface area contributed by atoms with Crippen LogP contribution < -0.4 is 4.90 Å². The van der Waals surface area contributed by atoms with Gasteiger partial charge >= 0.3 is 0 Å². The summed E-state index contributed by atoms with van der Waals surface area (Å²) in [6.07, 6.45) is 6.73. The Morgan fingerprint density at radius 3 is 2.58 bits per heavy atom. The highest BCUT2D eigenvalue weighted by Crippen LogP contribution is 2.31. The second-order valence-electron chi connectivity index (χ2n) is 7.38. The highest BCUT2D eigenvalue weighted by atomic mass is 32.1.